The number of carbonyl (C=O) groups excluding carboxylic acids is 1. The van der Waals surface area contributed by atoms with Crippen LogP contribution in [0.1, 0.15) is 30.7 Å². The highest BCUT2D eigenvalue weighted by molar-refractivity contribution is 7.88. The van der Waals surface area contributed by atoms with Gasteiger partial charge in [0.1, 0.15) is 5.75 Å². The molecule has 7 heteroatoms. The molecule has 30 heavy (non-hydrogen) atoms. The number of methoxy groups -OCH3 is 1. The van der Waals surface area contributed by atoms with Crippen molar-refractivity contribution in [3.63, 3.8) is 0 Å². The lowest BCUT2D eigenvalue weighted by Gasteiger charge is -2.33. The summed E-state index contributed by atoms with van der Waals surface area (Å²) in [6.07, 6.45) is 3.57. The lowest BCUT2D eigenvalue weighted by atomic mass is 9.95. The van der Waals surface area contributed by atoms with Gasteiger partial charge in [0.25, 0.3) is 0 Å². The number of sulfonamides is 1. The second-order valence-corrected chi connectivity index (χ2v) is 10.1. The molecule has 1 heterocycles. The van der Waals surface area contributed by atoms with Crippen molar-refractivity contribution in [2.45, 2.75) is 31.2 Å². The molecule has 2 fully saturated rings. The molecule has 0 aromatic heterocycles. The van der Waals surface area contributed by atoms with Gasteiger partial charge in [0.05, 0.1) is 13.4 Å². The first-order valence-corrected chi connectivity index (χ1v) is 12.2. The highest BCUT2D eigenvalue weighted by Crippen LogP contribution is 2.52. The molecule has 1 aliphatic carbocycles. The van der Waals surface area contributed by atoms with Crippen LogP contribution in [-0.4, -0.2) is 51.7 Å². The third-order valence-corrected chi connectivity index (χ3v) is 6.73. The SMILES string of the molecule is COc1ccc([C@@H]2C[C@H]2C(=O)N2CCC[C@@H](NS(C)(=O)=O)C2)c(-c2ccccc2)c1. The van der Waals surface area contributed by atoms with E-state index in [1.807, 2.05) is 35.2 Å². The van der Waals surface area contributed by atoms with Crippen LogP contribution < -0.4 is 9.46 Å². The van der Waals surface area contributed by atoms with Crippen LogP contribution >= 0.6 is 0 Å². The molecule has 1 amide bonds. The predicted molar refractivity (Wildman–Crippen MR) is 117 cm³/mol. The van der Waals surface area contributed by atoms with Gasteiger partial charge < -0.3 is 9.64 Å². The molecule has 6 nitrogen and oxygen atoms in total. The van der Waals surface area contributed by atoms with Crippen molar-refractivity contribution in [3.8, 4) is 16.9 Å². The van der Waals surface area contributed by atoms with Crippen LogP contribution in [0.3, 0.4) is 0 Å². The van der Waals surface area contributed by atoms with Gasteiger partial charge >= 0.3 is 0 Å². The minimum Gasteiger partial charge on any atom is -0.497 e. The van der Waals surface area contributed by atoms with Gasteiger partial charge in [0, 0.05) is 25.0 Å². The van der Waals surface area contributed by atoms with Crippen molar-refractivity contribution in [1.82, 2.24) is 9.62 Å². The minimum absolute atomic E-state index is 0.0437. The Labute approximate surface area is 178 Å². The molecule has 1 N–H and O–H groups in total. The van der Waals surface area contributed by atoms with Crippen LogP contribution in [0.25, 0.3) is 11.1 Å². The van der Waals surface area contributed by atoms with Gasteiger partial charge in [0.15, 0.2) is 0 Å². The fourth-order valence-corrected chi connectivity index (χ4v) is 5.27. The van der Waals surface area contributed by atoms with Gasteiger partial charge in [0.2, 0.25) is 15.9 Å². The number of ether oxygens (including phenoxy) is 1. The van der Waals surface area contributed by atoms with Crippen molar-refractivity contribution < 1.29 is 17.9 Å². The van der Waals surface area contributed by atoms with Crippen LogP contribution in [0.15, 0.2) is 48.5 Å². The van der Waals surface area contributed by atoms with E-state index in [-0.39, 0.29) is 23.8 Å². The number of carbonyl (C=O) groups is 1. The number of amides is 1. The number of rotatable bonds is 6. The third-order valence-electron chi connectivity index (χ3n) is 5.97. The Kier molecular flexibility index (Phi) is 5.84. The molecule has 0 unspecified atom stereocenters. The Morgan fingerprint density at radius 2 is 1.93 bits per heavy atom. The summed E-state index contributed by atoms with van der Waals surface area (Å²) < 4.78 is 31.2. The zero-order chi connectivity index (χ0) is 21.3. The minimum atomic E-state index is -3.27. The van der Waals surface area contributed by atoms with Crippen LogP contribution in [0.5, 0.6) is 5.75 Å². The zero-order valence-corrected chi connectivity index (χ0v) is 18.2. The normalized spacial score (nSPS) is 23.8. The molecule has 0 radical (unpaired) electrons. The average Bonchev–Trinajstić information content (AvgIpc) is 3.53. The average molecular weight is 429 g/mol. The lowest BCUT2D eigenvalue weighted by molar-refractivity contribution is -0.133. The van der Waals surface area contributed by atoms with Crippen molar-refractivity contribution in [2.75, 3.05) is 26.5 Å². The van der Waals surface area contributed by atoms with Crippen LogP contribution in [0, 0.1) is 5.92 Å². The Morgan fingerprint density at radius 3 is 2.63 bits per heavy atom. The van der Waals surface area contributed by atoms with Crippen molar-refractivity contribution >= 4 is 15.9 Å². The summed E-state index contributed by atoms with van der Waals surface area (Å²) in [5.41, 5.74) is 3.38. The van der Waals surface area contributed by atoms with E-state index in [1.165, 1.54) is 11.8 Å². The highest BCUT2D eigenvalue weighted by atomic mass is 32.2. The molecule has 2 aromatic rings. The molecule has 0 spiro atoms. The number of piperidine rings is 1. The molecule has 4 rings (SSSR count). The zero-order valence-electron chi connectivity index (χ0n) is 17.4. The lowest BCUT2D eigenvalue weighted by Crippen LogP contribution is -2.49. The van der Waals surface area contributed by atoms with E-state index < -0.39 is 10.0 Å². The third kappa shape index (κ3) is 4.68. The Morgan fingerprint density at radius 1 is 1.17 bits per heavy atom. The van der Waals surface area contributed by atoms with Gasteiger partial charge in [-0.2, -0.15) is 0 Å². The maximum atomic E-state index is 13.2. The van der Waals surface area contributed by atoms with Crippen molar-refractivity contribution in [2.24, 2.45) is 5.92 Å². The summed E-state index contributed by atoms with van der Waals surface area (Å²) in [6, 6.07) is 16.0. The van der Waals surface area contributed by atoms with E-state index >= 15 is 0 Å². The van der Waals surface area contributed by atoms with E-state index in [4.69, 9.17) is 4.74 Å². The molecule has 2 aliphatic rings. The Bertz CT molecular complexity index is 1020. The van der Waals surface area contributed by atoms with Gasteiger partial charge in [-0.05, 0) is 54.0 Å². The maximum absolute atomic E-state index is 13.2. The smallest absolute Gasteiger partial charge is 0.226 e. The highest BCUT2D eigenvalue weighted by Gasteiger charge is 2.47. The summed E-state index contributed by atoms with van der Waals surface area (Å²) in [6.45, 7) is 1.14. The molecule has 0 bridgehead atoms. The Hall–Kier alpha value is -2.38. The summed E-state index contributed by atoms with van der Waals surface area (Å²) in [7, 11) is -1.62. The fourth-order valence-electron chi connectivity index (χ4n) is 4.48. The first-order valence-electron chi connectivity index (χ1n) is 10.3. The topological polar surface area (TPSA) is 75.7 Å². The first kappa shape index (κ1) is 20.9. The second kappa shape index (κ2) is 8.40. The number of likely N-dealkylation sites (tertiary alicyclic amines) is 1. The quantitative estimate of drug-likeness (QED) is 0.767. The molecule has 2 aromatic carbocycles. The van der Waals surface area contributed by atoms with Crippen molar-refractivity contribution in [3.05, 3.63) is 54.1 Å². The summed E-state index contributed by atoms with van der Waals surface area (Å²) >= 11 is 0. The summed E-state index contributed by atoms with van der Waals surface area (Å²) in [5.74, 6) is 1.07. The standard InChI is InChI=1S/C23H28N2O4S/c1-29-18-10-11-19(20(13-18)16-7-4-3-5-8-16)21-14-22(21)23(26)25-12-6-9-17(15-25)24-30(2,27)28/h3-5,7-8,10-11,13,17,21-22,24H,6,9,12,14-15H2,1-2H3/t17-,21+,22-/m1/s1. The van der Waals surface area contributed by atoms with Crippen molar-refractivity contribution in [1.29, 1.82) is 0 Å². The molecule has 1 aliphatic heterocycles. The number of hydrogen-bond donors (Lipinski definition) is 1. The van der Waals surface area contributed by atoms with Gasteiger partial charge in [-0.1, -0.05) is 36.4 Å². The second-order valence-electron chi connectivity index (χ2n) is 8.28. The molecular weight excluding hydrogens is 400 g/mol. The molecular formula is C23H28N2O4S. The number of nitrogens with zero attached hydrogens (tertiary/aromatic N) is 1. The predicted octanol–water partition coefficient (Wildman–Crippen LogP) is 3.01. The first-order chi connectivity index (χ1) is 14.4. The van der Waals surface area contributed by atoms with Gasteiger partial charge in [-0.15, -0.1) is 0 Å². The number of benzene rings is 2. The van der Waals surface area contributed by atoms with Crippen LogP contribution in [0.4, 0.5) is 0 Å². The van der Waals surface area contributed by atoms with Crippen LogP contribution in [0.2, 0.25) is 0 Å². The summed E-state index contributed by atoms with van der Waals surface area (Å²) in [5, 5.41) is 0. The molecule has 160 valence electrons. The molecule has 1 saturated heterocycles. The fraction of sp³-hybridized carbons (Fsp3) is 0.435. The molecule has 3 atom stereocenters. The summed E-state index contributed by atoms with van der Waals surface area (Å²) in [4.78, 5) is 15.0. The monoisotopic (exact) mass is 428 g/mol. The van der Waals surface area contributed by atoms with E-state index in [9.17, 15) is 13.2 Å². The Balaban J connectivity index is 1.51. The maximum Gasteiger partial charge on any atom is 0.226 e. The largest absolute Gasteiger partial charge is 0.497 e. The van der Waals surface area contributed by atoms with E-state index in [0.717, 1.165) is 36.1 Å². The van der Waals surface area contributed by atoms with E-state index in [2.05, 4.69) is 22.9 Å². The van der Waals surface area contributed by atoms with Crippen LogP contribution in [-0.2, 0) is 14.8 Å². The van der Waals surface area contributed by atoms with Gasteiger partial charge in [-0.3, -0.25) is 4.79 Å². The molecule has 1 saturated carbocycles. The van der Waals surface area contributed by atoms with Gasteiger partial charge in [-0.25, -0.2) is 13.1 Å². The number of nitrogens with one attached hydrogen (secondary N) is 1. The van der Waals surface area contributed by atoms with E-state index in [1.54, 1.807) is 7.11 Å². The van der Waals surface area contributed by atoms with E-state index in [0.29, 0.717) is 13.1 Å². The number of hydrogen-bond acceptors (Lipinski definition) is 4.